The molecule has 0 saturated carbocycles. The van der Waals surface area contributed by atoms with Crippen molar-refractivity contribution < 1.29 is 18.7 Å². The van der Waals surface area contributed by atoms with Crippen molar-refractivity contribution in [3.63, 3.8) is 0 Å². The molecule has 1 N–H and O–H groups in total. The molecule has 0 aliphatic rings. The Morgan fingerprint density at radius 3 is 2.74 bits per heavy atom. The van der Waals surface area contributed by atoms with Crippen LogP contribution in [0.25, 0.3) is 0 Å². The summed E-state index contributed by atoms with van der Waals surface area (Å²) in [5.74, 6) is -0.0514. The first kappa shape index (κ1) is 16.8. The molecule has 23 heavy (non-hydrogen) atoms. The van der Waals surface area contributed by atoms with E-state index in [0.29, 0.717) is 6.42 Å². The molecule has 0 saturated heterocycles. The first-order valence-electron chi connectivity index (χ1n) is 7.55. The topological polar surface area (TPSA) is 68.5 Å². The van der Waals surface area contributed by atoms with Gasteiger partial charge in [-0.15, -0.1) is 0 Å². The summed E-state index contributed by atoms with van der Waals surface area (Å²) in [7, 11) is 0. The largest absolute Gasteiger partial charge is 0.469 e. The average molecular weight is 315 g/mol. The number of ether oxygens (including phenoxy) is 1. The summed E-state index contributed by atoms with van der Waals surface area (Å²) in [6.07, 6.45) is 1.34. The molecule has 1 heterocycles. The van der Waals surface area contributed by atoms with Gasteiger partial charge in [-0.05, 0) is 50.1 Å². The molecular weight excluding hydrogens is 294 g/mol. The highest BCUT2D eigenvalue weighted by molar-refractivity contribution is 5.95. The van der Waals surface area contributed by atoms with Crippen LogP contribution in [0, 0.1) is 13.8 Å². The van der Waals surface area contributed by atoms with Gasteiger partial charge in [-0.3, -0.25) is 9.59 Å². The van der Waals surface area contributed by atoms with Crippen molar-refractivity contribution in [3.8, 4) is 0 Å². The molecule has 0 aliphatic carbocycles. The van der Waals surface area contributed by atoms with Gasteiger partial charge in [-0.25, -0.2) is 0 Å². The Morgan fingerprint density at radius 2 is 2.04 bits per heavy atom. The quantitative estimate of drug-likeness (QED) is 0.830. The Labute approximate surface area is 135 Å². The molecule has 0 bridgehead atoms. The smallest absolute Gasteiger partial charge is 0.307 e. The van der Waals surface area contributed by atoms with Gasteiger partial charge in [0.05, 0.1) is 12.7 Å². The molecule has 1 aromatic carbocycles. The fourth-order valence-electron chi connectivity index (χ4n) is 2.09. The Hall–Kier alpha value is -2.56. The van der Waals surface area contributed by atoms with E-state index < -0.39 is 12.1 Å². The van der Waals surface area contributed by atoms with Crippen LogP contribution in [0.15, 0.2) is 41.0 Å². The number of furan rings is 1. The van der Waals surface area contributed by atoms with Gasteiger partial charge in [0.1, 0.15) is 5.76 Å². The third-order valence-corrected chi connectivity index (χ3v) is 3.48. The molecule has 0 fully saturated rings. The SMILES string of the molecule is Cc1ccc(C)c(NC(=O)[C@@H](C)OC(=O)CCc2ccco2)c1. The van der Waals surface area contributed by atoms with Gasteiger partial charge >= 0.3 is 5.97 Å². The fourth-order valence-corrected chi connectivity index (χ4v) is 2.09. The molecule has 1 aromatic heterocycles. The molecular formula is C18H21NO4. The van der Waals surface area contributed by atoms with E-state index in [-0.39, 0.29) is 12.3 Å². The maximum absolute atomic E-state index is 12.1. The highest BCUT2D eigenvalue weighted by atomic mass is 16.5. The minimum Gasteiger partial charge on any atom is -0.469 e. The van der Waals surface area contributed by atoms with E-state index in [2.05, 4.69) is 5.32 Å². The van der Waals surface area contributed by atoms with Crippen molar-refractivity contribution in [2.24, 2.45) is 0 Å². The van der Waals surface area contributed by atoms with E-state index in [1.165, 1.54) is 0 Å². The summed E-state index contributed by atoms with van der Waals surface area (Å²) in [4.78, 5) is 23.9. The zero-order valence-electron chi connectivity index (χ0n) is 13.6. The number of carbonyl (C=O) groups excluding carboxylic acids is 2. The minimum atomic E-state index is -0.848. The number of amides is 1. The Balaban J connectivity index is 1.84. The first-order chi connectivity index (χ1) is 11.0. The van der Waals surface area contributed by atoms with Gasteiger partial charge in [-0.1, -0.05) is 12.1 Å². The average Bonchev–Trinajstić information content (AvgIpc) is 3.02. The normalized spacial score (nSPS) is 11.8. The third kappa shape index (κ3) is 4.98. The molecule has 1 atom stereocenters. The third-order valence-electron chi connectivity index (χ3n) is 3.48. The number of benzene rings is 1. The number of hydrogen-bond acceptors (Lipinski definition) is 4. The second-order valence-corrected chi connectivity index (χ2v) is 5.52. The molecule has 2 aromatic rings. The lowest BCUT2D eigenvalue weighted by Gasteiger charge is -2.15. The van der Waals surface area contributed by atoms with Crippen molar-refractivity contribution in [2.45, 2.75) is 39.7 Å². The van der Waals surface area contributed by atoms with E-state index >= 15 is 0 Å². The van der Waals surface area contributed by atoms with E-state index in [9.17, 15) is 9.59 Å². The van der Waals surface area contributed by atoms with Gasteiger partial charge in [-0.2, -0.15) is 0 Å². The molecule has 2 rings (SSSR count). The van der Waals surface area contributed by atoms with Crippen LogP contribution in [-0.4, -0.2) is 18.0 Å². The van der Waals surface area contributed by atoms with E-state index in [1.807, 2.05) is 32.0 Å². The van der Waals surface area contributed by atoms with Crippen LogP contribution in [0.3, 0.4) is 0 Å². The molecule has 0 radical (unpaired) electrons. The monoisotopic (exact) mass is 315 g/mol. The summed E-state index contributed by atoms with van der Waals surface area (Å²) in [5.41, 5.74) is 2.74. The van der Waals surface area contributed by atoms with Gasteiger partial charge in [0.25, 0.3) is 5.91 Å². The van der Waals surface area contributed by atoms with Crippen LogP contribution in [0.2, 0.25) is 0 Å². The van der Waals surface area contributed by atoms with E-state index in [4.69, 9.17) is 9.15 Å². The zero-order valence-corrected chi connectivity index (χ0v) is 13.6. The number of rotatable bonds is 6. The molecule has 0 spiro atoms. The Morgan fingerprint density at radius 1 is 1.26 bits per heavy atom. The van der Waals surface area contributed by atoms with Crippen molar-refractivity contribution in [1.82, 2.24) is 0 Å². The number of carbonyl (C=O) groups is 2. The van der Waals surface area contributed by atoms with Gasteiger partial charge in [0.15, 0.2) is 6.10 Å². The molecule has 5 nitrogen and oxygen atoms in total. The highest BCUT2D eigenvalue weighted by Crippen LogP contribution is 2.17. The number of aryl methyl sites for hydroxylation is 3. The highest BCUT2D eigenvalue weighted by Gasteiger charge is 2.18. The fraction of sp³-hybridized carbons (Fsp3) is 0.333. The Kier molecular flexibility index (Phi) is 5.57. The van der Waals surface area contributed by atoms with Crippen LogP contribution < -0.4 is 5.32 Å². The second kappa shape index (κ2) is 7.63. The first-order valence-corrected chi connectivity index (χ1v) is 7.55. The van der Waals surface area contributed by atoms with E-state index in [0.717, 1.165) is 22.6 Å². The summed E-state index contributed by atoms with van der Waals surface area (Å²) in [6, 6.07) is 9.36. The number of nitrogens with one attached hydrogen (secondary N) is 1. The molecule has 1 amide bonds. The summed E-state index contributed by atoms with van der Waals surface area (Å²) in [6.45, 7) is 5.42. The van der Waals surface area contributed by atoms with Crippen molar-refractivity contribution in [3.05, 3.63) is 53.5 Å². The summed E-state index contributed by atoms with van der Waals surface area (Å²) in [5, 5.41) is 2.79. The Bertz CT molecular complexity index is 676. The van der Waals surface area contributed by atoms with Gasteiger partial charge < -0.3 is 14.5 Å². The van der Waals surface area contributed by atoms with Crippen LogP contribution in [0.1, 0.15) is 30.2 Å². The molecule has 122 valence electrons. The number of esters is 1. The van der Waals surface area contributed by atoms with Crippen LogP contribution in [0.5, 0.6) is 0 Å². The summed E-state index contributed by atoms with van der Waals surface area (Å²) < 4.78 is 10.3. The maximum atomic E-state index is 12.1. The van der Waals surface area contributed by atoms with E-state index in [1.54, 1.807) is 25.3 Å². The molecule has 0 aliphatic heterocycles. The minimum absolute atomic E-state index is 0.175. The van der Waals surface area contributed by atoms with Crippen molar-refractivity contribution in [2.75, 3.05) is 5.32 Å². The lowest BCUT2D eigenvalue weighted by molar-refractivity contribution is -0.153. The van der Waals surface area contributed by atoms with Crippen LogP contribution >= 0.6 is 0 Å². The van der Waals surface area contributed by atoms with Crippen molar-refractivity contribution in [1.29, 1.82) is 0 Å². The predicted molar refractivity (Wildman–Crippen MR) is 87.1 cm³/mol. The number of anilines is 1. The molecule has 0 unspecified atom stereocenters. The van der Waals surface area contributed by atoms with Crippen molar-refractivity contribution >= 4 is 17.6 Å². The lowest BCUT2D eigenvalue weighted by atomic mass is 10.1. The zero-order chi connectivity index (χ0) is 16.8. The number of hydrogen-bond donors (Lipinski definition) is 1. The van der Waals surface area contributed by atoms with Crippen LogP contribution in [0.4, 0.5) is 5.69 Å². The maximum Gasteiger partial charge on any atom is 0.307 e. The lowest BCUT2D eigenvalue weighted by Crippen LogP contribution is -2.30. The predicted octanol–water partition coefficient (Wildman–Crippen LogP) is 3.40. The standard InChI is InChI=1S/C18H21NO4/c1-12-6-7-13(2)16(11-12)19-18(21)14(3)23-17(20)9-8-15-5-4-10-22-15/h4-7,10-11,14H,8-9H2,1-3H3,(H,19,21)/t14-/m1/s1. The summed E-state index contributed by atoms with van der Waals surface area (Å²) >= 11 is 0. The van der Waals surface area contributed by atoms with Crippen LogP contribution in [-0.2, 0) is 20.7 Å². The molecule has 5 heteroatoms. The second-order valence-electron chi connectivity index (χ2n) is 5.52. The van der Waals surface area contributed by atoms with Gasteiger partial charge in [0.2, 0.25) is 0 Å². The van der Waals surface area contributed by atoms with Gasteiger partial charge in [0, 0.05) is 12.1 Å².